The lowest BCUT2D eigenvalue weighted by atomic mass is 10.00. The van der Waals surface area contributed by atoms with Crippen molar-refractivity contribution in [1.29, 1.82) is 0 Å². The van der Waals surface area contributed by atoms with E-state index in [1.165, 1.54) is 23.1 Å². The Morgan fingerprint density at radius 3 is 2.68 bits per heavy atom. The molecule has 1 aliphatic rings. The van der Waals surface area contributed by atoms with Gasteiger partial charge in [0, 0.05) is 23.5 Å². The topological polar surface area (TPSA) is 59.1 Å². The summed E-state index contributed by atoms with van der Waals surface area (Å²) in [6.07, 6.45) is 1.62. The van der Waals surface area contributed by atoms with E-state index in [4.69, 9.17) is 9.47 Å². The van der Waals surface area contributed by atoms with Crippen LogP contribution in [-0.2, 0) is 11.2 Å². The number of rotatable bonds is 10. The summed E-state index contributed by atoms with van der Waals surface area (Å²) in [4.78, 5) is 31.7. The van der Waals surface area contributed by atoms with E-state index in [0.717, 1.165) is 18.4 Å². The highest BCUT2D eigenvalue weighted by molar-refractivity contribution is 7.10. The number of carbonyl (C=O) groups is 2. The zero-order valence-electron chi connectivity index (χ0n) is 21.5. The molecule has 1 aliphatic heterocycles. The zero-order valence-corrected chi connectivity index (χ0v) is 22.3. The first-order valence-corrected chi connectivity index (χ1v) is 13.5. The second-order valence-corrected chi connectivity index (χ2v) is 10.3. The lowest BCUT2D eigenvalue weighted by Gasteiger charge is -2.37. The molecule has 0 bridgehead atoms. The third-order valence-electron chi connectivity index (χ3n) is 6.79. The number of nitrogens with zero attached hydrogens (tertiary/aromatic N) is 2. The molecule has 0 aliphatic carbocycles. The highest BCUT2D eigenvalue weighted by Crippen LogP contribution is 2.35. The molecule has 0 saturated heterocycles. The highest BCUT2D eigenvalue weighted by atomic mass is 32.1. The monoisotopic (exact) mass is 524 g/mol. The Labute approximate surface area is 221 Å². The largest absolute Gasteiger partial charge is 0.493 e. The Balaban J connectivity index is 1.56. The smallest absolute Gasteiger partial charge is 0.254 e. The molecule has 0 fully saturated rings. The van der Waals surface area contributed by atoms with Crippen molar-refractivity contribution in [2.45, 2.75) is 32.7 Å². The summed E-state index contributed by atoms with van der Waals surface area (Å²) >= 11 is 1.68. The van der Waals surface area contributed by atoms with E-state index in [1.807, 2.05) is 54.5 Å². The van der Waals surface area contributed by atoms with Crippen LogP contribution >= 0.6 is 11.3 Å². The van der Waals surface area contributed by atoms with Crippen LogP contribution in [0.1, 0.15) is 47.1 Å². The van der Waals surface area contributed by atoms with Gasteiger partial charge in [0.25, 0.3) is 5.91 Å². The van der Waals surface area contributed by atoms with Gasteiger partial charge in [0.1, 0.15) is 19.0 Å². The zero-order chi connectivity index (χ0) is 26.4. The molecule has 0 spiro atoms. The molecular weight excluding hydrogens is 491 g/mol. The molecule has 2 amide bonds. The number of thiophene rings is 1. The summed E-state index contributed by atoms with van der Waals surface area (Å²) in [5.74, 6) is 0.457. The number of para-hydroxylation sites is 2. The SMILES string of the molecule is CC[C@@H](C)CN(CC(=O)N1CCc2sccc2[C@@H]1COc1ccccc1OC)C(=O)c1cccc(F)c1. The maximum atomic E-state index is 13.8. The fourth-order valence-electron chi connectivity index (χ4n) is 4.56. The number of ether oxygens (including phenoxy) is 2. The molecule has 6 nitrogen and oxygen atoms in total. The van der Waals surface area contributed by atoms with Gasteiger partial charge in [-0.3, -0.25) is 9.59 Å². The molecule has 1 aromatic heterocycles. The van der Waals surface area contributed by atoms with E-state index >= 15 is 0 Å². The minimum absolute atomic E-state index is 0.0791. The van der Waals surface area contributed by atoms with Gasteiger partial charge >= 0.3 is 0 Å². The van der Waals surface area contributed by atoms with Crippen LogP contribution in [0.4, 0.5) is 4.39 Å². The molecule has 4 rings (SSSR count). The molecule has 0 saturated carbocycles. The number of benzene rings is 2. The fraction of sp³-hybridized carbons (Fsp3) is 0.379. The van der Waals surface area contributed by atoms with E-state index in [1.54, 1.807) is 29.4 Å². The van der Waals surface area contributed by atoms with Crippen LogP contribution in [0.3, 0.4) is 0 Å². The fourth-order valence-corrected chi connectivity index (χ4v) is 5.49. The van der Waals surface area contributed by atoms with Crippen LogP contribution < -0.4 is 9.47 Å². The predicted molar refractivity (Wildman–Crippen MR) is 143 cm³/mol. The number of carbonyl (C=O) groups excluding carboxylic acids is 2. The second kappa shape index (κ2) is 12.2. The molecule has 0 N–H and O–H groups in total. The van der Waals surface area contributed by atoms with Crippen LogP contribution in [-0.4, -0.2) is 55.0 Å². The minimum atomic E-state index is -0.477. The van der Waals surface area contributed by atoms with Crippen LogP contribution in [0.5, 0.6) is 11.5 Å². The van der Waals surface area contributed by atoms with E-state index in [-0.39, 0.29) is 42.5 Å². The molecule has 0 unspecified atom stereocenters. The summed E-state index contributed by atoms with van der Waals surface area (Å²) in [5.41, 5.74) is 1.32. The third-order valence-corrected chi connectivity index (χ3v) is 7.79. The first-order valence-electron chi connectivity index (χ1n) is 12.6. The number of methoxy groups -OCH3 is 1. The average Bonchev–Trinajstić information content (AvgIpc) is 3.40. The number of hydrogen-bond donors (Lipinski definition) is 0. The molecule has 196 valence electrons. The van der Waals surface area contributed by atoms with Gasteiger partial charge < -0.3 is 19.3 Å². The van der Waals surface area contributed by atoms with Gasteiger partial charge in [-0.25, -0.2) is 4.39 Å². The first-order chi connectivity index (χ1) is 17.9. The first kappa shape index (κ1) is 26.7. The van der Waals surface area contributed by atoms with Gasteiger partial charge in [0.2, 0.25) is 5.91 Å². The number of halogens is 1. The van der Waals surface area contributed by atoms with Crippen LogP contribution in [0, 0.1) is 11.7 Å². The average molecular weight is 525 g/mol. The quantitative estimate of drug-likeness (QED) is 0.347. The molecule has 2 atom stereocenters. The molecule has 8 heteroatoms. The Morgan fingerprint density at radius 2 is 1.95 bits per heavy atom. The van der Waals surface area contributed by atoms with Gasteiger partial charge in [0.05, 0.1) is 13.2 Å². The van der Waals surface area contributed by atoms with Crippen LogP contribution in [0.25, 0.3) is 0 Å². The van der Waals surface area contributed by atoms with Crippen molar-refractivity contribution in [3.8, 4) is 11.5 Å². The maximum absolute atomic E-state index is 13.8. The lowest BCUT2D eigenvalue weighted by molar-refractivity contribution is -0.135. The Morgan fingerprint density at radius 1 is 1.16 bits per heavy atom. The predicted octanol–water partition coefficient (Wildman–Crippen LogP) is 5.59. The van der Waals surface area contributed by atoms with E-state index in [2.05, 4.69) is 0 Å². The number of hydrogen-bond acceptors (Lipinski definition) is 5. The number of fused-ring (bicyclic) bond motifs is 1. The van der Waals surface area contributed by atoms with E-state index in [0.29, 0.717) is 24.6 Å². The summed E-state index contributed by atoms with van der Waals surface area (Å²) < 4.78 is 25.4. The molecule has 3 aromatic rings. The Bertz CT molecular complexity index is 1230. The Hall–Kier alpha value is -3.39. The second-order valence-electron chi connectivity index (χ2n) is 9.32. The van der Waals surface area contributed by atoms with Crippen molar-refractivity contribution in [2.24, 2.45) is 5.92 Å². The van der Waals surface area contributed by atoms with Gasteiger partial charge in [-0.05, 0) is 59.7 Å². The summed E-state index contributed by atoms with van der Waals surface area (Å²) in [6.45, 7) is 5.22. The van der Waals surface area contributed by atoms with Gasteiger partial charge in [-0.2, -0.15) is 0 Å². The van der Waals surface area contributed by atoms with Crippen molar-refractivity contribution >= 4 is 23.2 Å². The molecule has 37 heavy (non-hydrogen) atoms. The maximum Gasteiger partial charge on any atom is 0.254 e. The third kappa shape index (κ3) is 6.31. The van der Waals surface area contributed by atoms with Crippen LogP contribution in [0.2, 0.25) is 0 Å². The van der Waals surface area contributed by atoms with Gasteiger partial charge in [0.15, 0.2) is 11.5 Å². The number of amides is 2. The Kier molecular flexibility index (Phi) is 8.82. The van der Waals surface area contributed by atoms with Crippen molar-refractivity contribution in [1.82, 2.24) is 9.80 Å². The molecule has 2 aromatic carbocycles. The minimum Gasteiger partial charge on any atom is -0.493 e. The molecular formula is C29H33FN2O4S. The summed E-state index contributed by atoms with van der Waals surface area (Å²) in [5, 5.41) is 2.04. The van der Waals surface area contributed by atoms with Crippen molar-refractivity contribution in [2.75, 3.05) is 33.4 Å². The summed E-state index contributed by atoms with van der Waals surface area (Å²) in [7, 11) is 1.59. The van der Waals surface area contributed by atoms with Crippen LogP contribution in [0.15, 0.2) is 60.0 Å². The van der Waals surface area contributed by atoms with Gasteiger partial charge in [-0.15, -0.1) is 11.3 Å². The molecule has 2 heterocycles. The van der Waals surface area contributed by atoms with Crippen molar-refractivity contribution < 1.29 is 23.5 Å². The van der Waals surface area contributed by atoms with Crippen molar-refractivity contribution in [3.63, 3.8) is 0 Å². The highest BCUT2D eigenvalue weighted by Gasteiger charge is 2.34. The normalized spacial score (nSPS) is 15.6. The molecule has 0 radical (unpaired) electrons. The van der Waals surface area contributed by atoms with E-state index < -0.39 is 5.82 Å². The van der Waals surface area contributed by atoms with E-state index in [9.17, 15) is 14.0 Å². The van der Waals surface area contributed by atoms with Crippen molar-refractivity contribution in [3.05, 3.63) is 81.8 Å². The summed E-state index contributed by atoms with van der Waals surface area (Å²) in [6, 6.07) is 14.8. The lowest BCUT2D eigenvalue weighted by Crippen LogP contribution is -2.48. The standard InChI is InChI=1S/C29H33FN2O4S/c1-4-20(2)17-31(29(34)21-8-7-9-22(30)16-21)18-28(33)32-14-12-27-23(13-15-37-27)24(32)19-36-26-11-6-5-10-25(26)35-3/h5-11,13,15-16,20,24H,4,12,14,17-19H2,1-3H3/t20-,24+/m1/s1. The van der Waals surface area contributed by atoms with Gasteiger partial charge in [-0.1, -0.05) is 38.5 Å².